The summed E-state index contributed by atoms with van der Waals surface area (Å²) in [6, 6.07) is 8.52. The fraction of sp³-hybridized carbons (Fsp3) is 0.647. The van der Waals surface area contributed by atoms with E-state index in [-0.39, 0.29) is 5.54 Å². The summed E-state index contributed by atoms with van der Waals surface area (Å²) in [6.07, 6.45) is 5.05. The quantitative estimate of drug-likeness (QED) is 0.860. The monoisotopic (exact) mass is 260 g/mol. The van der Waals surface area contributed by atoms with Crippen LogP contribution in [0, 0.1) is 18.8 Å². The Hall–Kier alpha value is -1.02. The van der Waals surface area contributed by atoms with Crippen LogP contribution in [0.1, 0.15) is 45.1 Å². The lowest BCUT2D eigenvalue weighted by Gasteiger charge is -2.43. The molecule has 0 saturated heterocycles. The summed E-state index contributed by atoms with van der Waals surface area (Å²) in [5.41, 5.74) is 8.79. The molecule has 2 nitrogen and oxygen atoms in total. The van der Waals surface area contributed by atoms with Crippen molar-refractivity contribution in [2.24, 2.45) is 17.6 Å². The Morgan fingerprint density at radius 2 is 2.11 bits per heavy atom. The molecule has 0 aliphatic heterocycles. The van der Waals surface area contributed by atoms with E-state index in [9.17, 15) is 0 Å². The molecule has 0 radical (unpaired) electrons. The molecule has 1 aromatic carbocycles. The zero-order valence-corrected chi connectivity index (χ0v) is 12.6. The normalized spacial score (nSPS) is 27.5. The van der Waals surface area contributed by atoms with Crippen LogP contribution >= 0.6 is 0 Å². The average molecular weight is 260 g/mol. The lowest BCUT2D eigenvalue weighted by atomic mass is 9.71. The molecule has 106 valence electrons. The molecule has 1 aliphatic rings. The highest BCUT2D eigenvalue weighted by Crippen LogP contribution is 2.38. The third kappa shape index (κ3) is 3.30. The molecule has 19 heavy (non-hydrogen) atoms. The van der Waals surface area contributed by atoms with Gasteiger partial charge in [-0.3, -0.25) is 0 Å². The average Bonchev–Trinajstić information content (AvgIpc) is 2.42. The number of anilines is 1. The van der Waals surface area contributed by atoms with Gasteiger partial charge in [-0.1, -0.05) is 44.9 Å². The second kappa shape index (κ2) is 5.96. The molecular weight excluding hydrogens is 232 g/mol. The Morgan fingerprint density at radius 1 is 1.37 bits per heavy atom. The van der Waals surface area contributed by atoms with E-state index in [1.165, 1.54) is 36.9 Å². The molecule has 1 saturated carbocycles. The minimum absolute atomic E-state index is 0.0965. The molecule has 0 amide bonds. The van der Waals surface area contributed by atoms with Crippen molar-refractivity contribution in [2.75, 3.05) is 11.9 Å². The molecule has 2 atom stereocenters. The van der Waals surface area contributed by atoms with E-state index in [1.54, 1.807) is 0 Å². The van der Waals surface area contributed by atoms with E-state index in [0.717, 1.165) is 18.4 Å². The number of benzene rings is 1. The SMILES string of the molecule is Cc1ccccc1NC1(CN)CCCC(C(C)C)C1. The zero-order valence-electron chi connectivity index (χ0n) is 12.6. The van der Waals surface area contributed by atoms with E-state index in [1.807, 2.05) is 0 Å². The molecule has 1 aromatic rings. The zero-order chi connectivity index (χ0) is 13.9. The third-order valence-corrected chi connectivity index (χ3v) is 4.76. The molecule has 3 N–H and O–H groups in total. The lowest BCUT2D eigenvalue weighted by Crippen LogP contribution is -2.49. The van der Waals surface area contributed by atoms with Crippen molar-refractivity contribution in [2.45, 2.75) is 52.0 Å². The van der Waals surface area contributed by atoms with Crippen LogP contribution in [0.3, 0.4) is 0 Å². The second-order valence-electron chi connectivity index (χ2n) is 6.52. The first-order chi connectivity index (χ1) is 9.06. The van der Waals surface area contributed by atoms with Crippen molar-refractivity contribution in [1.29, 1.82) is 0 Å². The molecule has 2 unspecified atom stereocenters. The maximum Gasteiger partial charge on any atom is 0.0498 e. The van der Waals surface area contributed by atoms with E-state index in [0.29, 0.717) is 0 Å². The number of hydrogen-bond acceptors (Lipinski definition) is 2. The van der Waals surface area contributed by atoms with Gasteiger partial charge >= 0.3 is 0 Å². The van der Waals surface area contributed by atoms with Gasteiger partial charge < -0.3 is 11.1 Å². The fourth-order valence-corrected chi connectivity index (χ4v) is 3.33. The van der Waals surface area contributed by atoms with Gasteiger partial charge in [0.25, 0.3) is 0 Å². The molecule has 0 aromatic heterocycles. The van der Waals surface area contributed by atoms with Crippen LogP contribution in [0.4, 0.5) is 5.69 Å². The number of nitrogens with two attached hydrogens (primary N) is 1. The molecule has 2 rings (SSSR count). The minimum Gasteiger partial charge on any atom is -0.378 e. The van der Waals surface area contributed by atoms with Gasteiger partial charge in [-0.2, -0.15) is 0 Å². The first-order valence-electron chi connectivity index (χ1n) is 7.60. The number of nitrogens with one attached hydrogen (secondary N) is 1. The minimum atomic E-state index is 0.0965. The van der Waals surface area contributed by atoms with Gasteiger partial charge in [-0.25, -0.2) is 0 Å². The molecular formula is C17H28N2. The first-order valence-corrected chi connectivity index (χ1v) is 7.60. The summed E-state index contributed by atoms with van der Waals surface area (Å²) >= 11 is 0. The van der Waals surface area contributed by atoms with E-state index in [2.05, 4.69) is 50.4 Å². The maximum absolute atomic E-state index is 6.14. The van der Waals surface area contributed by atoms with Gasteiger partial charge in [0.05, 0.1) is 0 Å². The van der Waals surface area contributed by atoms with E-state index >= 15 is 0 Å². The van der Waals surface area contributed by atoms with Crippen LogP contribution in [0.5, 0.6) is 0 Å². The van der Waals surface area contributed by atoms with Crippen LogP contribution in [0.25, 0.3) is 0 Å². The predicted octanol–water partition coefficient (Wildman–Crippen LogP) is 3.95. The van der Waals surface area contributed by atoms with E-state index < -0.39 is 0 Å². The summed E-state index contributed by atoms with van der Waals surface area (Å²) in [5, 5.41) is 3.77. The van der Waals surface area contributed by atoms with E-state index in [4.69, 9.17) is 5.73 Å². The molecule has 1 aliphatic carbocycles. The Kier molecular flexibility index (Phi) is 4.51. The maximum atomic E-state index is 6.14. The number of hydrogen-bond donors (Lipinski definition) is 2. The van der Waals surface area contributed by atoms with Gasteiger partial charge in [-0.15, -0.1) is 0 Å². The number of para-hydroxylation sites is 1. The topological polar surface area (TPSA) is 38.0 Å². The number of rotatable bonds is 4. The van der Waals surface area contributed by atoms with Crippen LogP contribution < -0.4 is 11.1 Å². The highest BCUT2D eigenvalue weighted by molar-refractivity contribution is 5.52. The van der Waals surface area contributed by atoms with Crippen molar-refractivity contribution in [3.05, 3.63) is 29.8 Å². The second-order valence-corrected chi connectivity index (χ2v) is 6.52. The van der Waals surface area contributed by atoms with Crippen molar-refractivity contribution in [3.8, 4) is 0 Å². The molecule has 2 heteroatoms. The Morgan fingerprint density at radius 3 is 2.74 bits per heavy atom. The summed E-state index contributed by atoms with van der Waals surface area (Å²) in [4.78, 5) is 0. The smallest absolute Gasteiger partial charge is 0.0498 e. The molecule has 0 bridgehead atoms. The summed E-state index contributed by atoms with van der Waals surface area (Å²) in [5.74, 6) is 1.55. The summed E-state index contributed by atoms with van der Waals surface area (Å²) in [6.45, 7) is 7.57. The van der Waals surface area contributed by atoms with Gasteiger partial charge in [0.1, 0.15) is 0 Å². The van der Waals surface area contributed by atoms with Gasteiger partial charge in [0, 0.05) is 17.8 Å². The van der Waals surface area contributed by atoms with Crippen LogP contribution in [0.2, 0.25) is 0 Å². The lowest BCUT2D eigenvalue weighted by molar-refractivity contribution is 0.203. The Bertz CT molecular complexity index is 413. The molecule has 0 heterocycles. The van der Waals surface area contributed by atoms with Gasteiger partial charge in [0.15, 0.2) is 0 Å². The predicted molar refractivity (Wildman–Crippen MR) is 83.4 cm³/mol. The fourth-order valence-electron chi connectivity index (χ4n) is 3.33. The van der Waals surface area contributed by atoms with Crippen LogP contribution in [-0.4, -0.2) is 12.1 Å². The highest BCUT2D eigenvalue weighted by atomic mass is 15.0. The van der Waals surface area contributed by atoms with Crippen molar-refractivity contribution in [3.63, 3.8) is 0 Å². The highest BCUT2D eigenvalue weighted by Gasteiger charge is 2.36. The van der Waals surface area contributed by atoms with Crippen molar-refractivity contribution < 1.29 is 0 Å². The van der Waals surface area contributed by atoms with Gasteiger partial charge in [0.2, 0.25) is 0 Å². The summed E-state index contributed by atoms with van der Waals surface area (Å²) in [7, 11) is 0. The van der Waals surface area contributed by atoms with Gasteiger partial charge in [-0.05, 0) is 43.2 Å². The standard InChI is InChI=1S/C17H28N2/c1-13(2)15-8-6-10-17(11-15,12-18)19-16-9-5-4-7-14(16)3/h4-5,7,9,13,15,19H,6,8,10-12,18H2,1-3H3. The first kappa shape index (κ1) is 14.4. The van der Waals surface area contributed by atoms with Crippen LogP contribution in [0.15, 0.2) is 24.3 Å². The van der Waals surface area contributed by atoms with Crippen molar-refractivity contribution in [1.82, 2.24) is 0 Å². The Labute approximate surface area is 117 Å². The largest absolute Gasteiger partial charge is 0.378 e. The Balaban J connectivity index is 2.16. The summed E-state index contributed by atoms with van der Waals surface area (Å²) < 4.78 is 0. The van der Waals surface area contributed by atoms with Crippen LogP contribution in [-0.2, 0) is 0 Å². The van der Waals surface area contributed by atoms with Crippen molar-refractivity contribution >= 4 is 5.69 Å². The molecule has 0 spiro atoms. The third-order valence-electron chi connectivity index (χ3n) is 4.76. The molecule has 1 fully saturated rings. The number of aryl methyl sites for hydroxylation is 1.